The van der Waals surface area contributed by atoms with E-state index in [2.05, 4.69) is 9.71 Å². The van der Waals surface area contributed by atoms with E-state index in [4.69, 9.17) is 0 Å². The Balaban J connectivity index is 2.00. The lowest BCUT2D eigenvalue weighted by Gasteiger charge is -2.10. The highest BCUT2D eigenvalue weighted by Crippen LogP contribution is 2.22. The Labute approximate surface area is 140 Å². The van der Waals surface area contributed by atoms with Gasteiger partial charge in [-0.3, -0.25) is 9.78 Å². The lowest BCUT2D eigenvalue weighted by atomic mass is 10.1. The first-order valence-electron chi connectivity index (χ1n) is 7.35. The SMILES string of the molecule is Cc1cc(C)cc(C(=O)NS(=O)(=O)c2cccc3cnccc23)c1. The van der Waals surface area contributed by atoms with Crippen molar-refractivity contribution in [3.05, 3.63) is 71.5 Å². The number of sulfonamides is 1. The first-order valence-corrected chi connectivity index (χ1v) is 8.83. The van der Waals surface area contributed by atoms with Gasteiger partial charge in [0.15, 0.2) is 0 Å². The summed E-state index contributed by atoms with van der Waals surface area (Å²) in [5.74, 6) is -0.646. The number of fused-ring (bicyclic) bond motifs is 1. The summed E-state index contributed by atoms with van der Waals surface area (Å²) < 4.78 is 27.4. The minimum absolute atomic E-state index is 0.0557. The number of rotatable bonds is 3. The van der Waals surface area contributed by atoms with E-state index >= 15 is 0 Å². The van der Waals surface area contributed by atoms with Crippen LogP contribution in [-0.4, -0.2) is 19.3 Å². The Morgan fingerprint density at radius 2 is 1.75 bits per heavy atom. The second kappa shape index (κ2) is 6.05. The smallest absolute Gasteiger partial charge is 0.265 e. The zero-order valence-corrected chi connectivity index (χ0v) is 14.1. The van der Waals surface area contributed by atoms with Crippen LogP contribution in [0.25, 0.3) is 10.8 Å². The number of pyridine rings is 1. The molecule has 1 amide bonds. The van der Waals surface area contributed by atoms with Gasteiger partial charge in [0.05, 0.1) is 4.90 Å². The van der Waals surface area contributed by atoms with E-state index in [-0.39, 0.29) is 4.90 Å². The molecule has 0 aliphatic carbocycles. The van der Waals surface area contributed by atoms with Gasteiger partial charge < -0.3 is 0 Å². The monoisotopic (exact) mass is 340 g/mol. The Hall–Kier alpha value is -2.73. The third-order valence-corrected chi connectivity index (χ3v) is 5.03. The van der Waals surface area contributed by atoms with Crippen LogP contribution < -0.4 is 4.72 Å². The van der Waals surface area contributed by atoms with Gasteiger partial charge >= 0.3 is 0 Å². The van der Waals surface area contributed by atoms with Crippen molar-refractivity contribution >= 4 is 26.7 Å². The van der Waals surface area contributed by atoms with Crippen LogP contribution in [-0.2, 0) is 10.0 Å². The summed E-state index contributed by atoms with van der Waals surface area (Å²) in [6, 6.07) is 11.7. The quantitative estimate of drug-likeness (QED) is 0.795. The van der Waals surface area contributed by atoms with E-state index in [1.807, 2.05) is 19.9 Å². The summed E-state index contributed by atoms with van der Waals surface area (Å²) in [5.41, 5.74) is 2.11. The Morgan fingerprint density at radius 3 is 2.46 bits per heavy atom. The second-order valence-corrected chi connectivity index (χ2v) is 7.31. The molecule has 1 heterocycles. The van der Waals surface area contributed by atoms with Crippen molar-refractivity contribution in [3.8, 4) is 0 Å². The third-order valence-electron chi connectivity index (χ3n) is 3.64. The van der Waals surface area contributed by atoms with Crippen molar-refractivity contribution in [2.45, 2.75) is 18.7 Å². The van der Waals surface area contributed by atoms with E-state index in [9.17, 15) is 13.2 Å². The number of amides is 1. The van der Waals surface area contributed by atoms with E-state index in [1.54, 1.807) is 36.5 Å². The molecule has 0 aliphatic heterocycles. The first kappa shape index (κ1) is 16.1. The molecule has 0 unspecified atom stereocenters. The molecule has 0 radical (unpaired) electrons. The fourth-order valence-corrected chi connectivity index (χ4v) is 3.87. The highest BCUT2D eigenvalue weighted by Gasteiger charge is 2.21. The third kappa shape index (κ3) is 3.14. The van der Waals surface area contributed by atoms with Crippen LogP contribution in [0.4, 0.5) is 0 Å². The van der Waals surface area contributed by atoms with E-state index < -0.39 is 15.9 Å². The summed E-state index contributed by atoms with van der Waals surface area (Å²) in [7, 11) is -3.99. The van der Waals surface area contributed by atoms with Crippen LogP contribution in [0, 0.1) is 13.8 Å². The van der Waals surface area contributed by atoms with Crippen molar-refractivity contribution in [1.29, 1.82) is 0 Å². The fourth-order valence-electron chi connectivity index (χ4n) is 2.67. The molecule has 122 valence electrons. The van der Waals surface area contributed by atoms with Gasteiger partial charge in [-0.25, -0.2) is 13.1 Å². The number of aromatic nitrogens is 1. The van der Waals surface area contributed by atoms with Crippen molar-refractivity contribution in [2.24, 2.45) is 0 Å². The van der Waals surface area contributed by atoms with Crippen LogP contribution in [0.3, 0.4) is 0 Å². The number of carbonyl (C=O) groups excluding carboxylic acids is 1. The largest absolute Gasteiger partial charge is 0.268 e. The van der Waals surface area contributed by atoms with Crippen molar-refractivity contribution in [3.63, 3.8) is 0 Å². The Morgan fingerprint density at radius 1 is 1.04 bits per heavy atom. The van der Waals surface area contributed by atoms with Crippen molar-refractivity contribution in [1.82, 2.24) is 9.71 Å². The molecule has 0 saturated heterocycles. The molecule has 0 fully saturated rings. The van der Waals surface area contributed by atoms with Crippen molar-refractivity contribution < 1.29 is 13.2 Å². The van der Waals surface area contributed by atoms with E-state index in [0.29, 0.717) is 16.3 Å². The van der Waals surface area contributed by atoms with Gasteiger partial charge in [-0.1, -0.05) is 29.3 Å². The Bertz CT molecular complexity index is 1020. The highest BCUT2D eigenvalue weighted by molar-refractivity contribution is 7.90. The molecule has 24 heavy (non-hydrogen) atoms. The lowest BCUT2D eigenvalue weighted by molar-refractivity contribution is 0.0981. The van der Waals surface area contributed by atoms with Gasteiger partial charge in [0.2, 0.25) is 0 Å². The molecule has 3 aromatic rings. The topological polar surface area (TPSA) is 76.1 Å². The number of hydrogen-bond acceptors (Lipinski definition) is 4. The maximum absolute atomic E-state index is 12.6. The molecule has 0 atom stereocenters. The Kier molecular flexibility index (Phi) is 4.07. The summed E-state index contributed by atoms with van der Waals surface area (Å²) in [6.07, 6.45) is 3.10. The predicted molar refractivity (Wildman–Crippen MR) is 92.3 cm³/mol. The van der Waals surface area contributed by atoms with Gasteiger partial charge in [0.1, 0.15) is 0 Å². The molecular formula is C18H16N2O3S. The molecule has 0 spiro atoms. The fraction of sp³-hybridized carbons (Fsp3) is 0.111. The van der Waals surface area contributed by atoms with Crippen LogP contribution in [0.15, 0.2) is 59.8 Å². The molecule has 6 heteroatoms. The summed E-state index contributed by atoms with van der Waals surface area (Å²) >= 11 is 0. The highest BCUT2D eigenvalue weighted by atomic mass is 32.2. The molecule has 1 N–H and O–H groups in total. The zero-order valence-electron chi connectivity index (χ0n) is 13.3. The summed E-state index contributed by atoms with van der Waals surface area (Å²) in [6.45, 7) is 3.71. The maximum atomic E-state index is 12.6. The molecule has 2 aromatic carbocycles. The number of nitrogens with zero attached hydrogens (tertiary/aromatic N) is 1. The second-order valence-electron chi connectivity index (χ2n) is 5.66. The first-order chi connectivity index (χ1) is 11.4. The van der Waals surface area contributed by atoms with Crippen LogP contribution in [0.2, 0.25) is 0 Å². The lowest BCUT2D eigenvalue weighted by Crippen LogP contribution is -2.30. The number of nitrogens with one attached hydrogen (secondary N) is 1. The predicted octanol–water partition coefficient (Wildman–Crippen LogP) is 2.97. The zero-order chi connectivity index (χ0) is 17.3. The standard InChI is InChI=1S/C18H16N2O3S/c1-12-8-13(2)10-15(9-12)18(21)20-24(22,23)17-5-3-4-14-11-19-7-6-16(14)17/h3-11H,1-2H3,(H,20,21). The van der Waals surface area contributed by atoms with Crippen LogP contribution >= 0.6 is 0 Å². The minimum atomic E-state index is -3.99. The average molecular weight is 340 g/mol. The summed E-state index contributed by atoms with van der Waals surface area (Å²) in [5, 5.41) is 1.22. The number of hydrogen-bond donors (Lipinski definition) is 1. The van der Waals surface area contributed by atoms with Gasteiger partial charge in [-0.15, -0.1) is 0 Å². The van der Waals surface area contributed by atoms with Crippen molar-refractivity contribution in [2.75, 3.05) is 0 Å². The summed E-state index contributed by atoms with van der Waals surface area (Å²) in [4.78, 5) is 16.4. The molecule has 0 bridgehead atoms. The normalized spacial score (nSPS) is 11.4. The molecule has 0 saturated carbocycles. The molecule has 3 rings (SSSR count). The van der Waals surface area contributed by atoms with E-state index in [0.717, 1.165) is 11.1 Å². The molecular weight excluding hydrogens is 324 g/mol. The van der Waals surface area contributed by atoms with E-state index in [1.165, 1.54) is 12.3 Å². The van der Waals surface area contributed by atoms with Gasteiger partial charge in [-0.2, -0.15) is 0 Å². The van der Waals surface area contributed by atoms with Gasteiger partial charge in [0.25, 0.3) is 15.9 Å². The minimum Gasteiger partial charge on any atom is -0.268 e. The van der Waals surface area contributed by atoms with Gasteiger partial charge in [-0.05, 0) is 38.1 Å². The molecule has 0 aliphatic rings. The average Bonchev–Trinajstić information content (AvgIpc) is 2.53. The van der Waals surface area contributed by atoms with Crippen LogP contribution in [0.1, 0.15) is 21.5 Å². The van der Waals surface area contributed by atoms with Gasteiger partial charge in [0, 0.05) is 28.7 Å². The number of benzene rings is 2. The number of carbonyl (C=O) groups is 1. The van der Waals surface area contributed by atoms with Crippen LogP contribution in [0.5, 0.6) is 0 Å². The maximum Gasteiger partial charge on any atom is 0.265 e. The number of aryl methyl sites for hydroxylation is 2. The molecule has 5 nitrogen and oxygen atoms in total. The molecule has 1 aromatic heterocycles.